The number of hydrogen-bond donors (Lipinski definition) is 0. The maximum absolute atomic E-state index is 11.4. The van der Waals surface area contributed by atoms with E-state index in [1.165, 1.54) is 5.56 Å². The summed E-state index contributed by atoms with van der Waals surface area (Å²) in [6, 6.07) is 16.2. The van der Waals surface area contributed by atoms with Crippen LogP contribution in [0.15, 0.2) is 48.5 Å². The molecule has 0 radical (unpaired) electrons. The van der Waals surface area contributed by atoms with Crippen LogP contribution in [0.4, 0.5) is 0 Å². The molecule has 3 rings (SSSR count). The summed E-state index contributed by atoms with van der Waals surface area (Å²) in [6.07, 6.45) is 1.88. The zero-order valence-corrected chi connectivity index (χ0v) is 23.8. The fourth-order valence-electron chi connectivity index (χ4n) is 2.49. The number of fused-ring (bicyclic) bond motifs is 1. The molecule has 4 heteroatoms. The zero-order valence-electron chi connectivity index (χ0n) is 14.0. The van der Waals surface area contributed by atoms with Crippen LogP contribution in [-0.4, -0.2) is 11.3 Å². The molecule has 0 bridgehead atoms. The number of pyridine rings is 1. The first-order chi connectivity index (χ1) is 10.2. The van der Waals surface area contributed by atoms with Gasteiger partial charge in [-0.05, 0) is 40.6 Å². The second-order valence-corrected chi connectivity index (χ2v) is 5.11. The second-order valence-electron chi connectivity index (χ2n) is 5.11. The number of carbonyl (C=O) groups is 1. The molecule has 104 valence electrons. The molecular weight excluding hydrogens is 429 g/mol. The van der Waals surface area contributed by atoms with E-state index in [4.69, 9.17) is 0 Å². The van der Waals surface area contributed by atoms with E-state index < -0.39 is 0 Å². The summed E-state index contributed by atoms with van der Waals surface area (Å²) in [7, 11) is 0. The number of aldehydes is 1. The molecule has 0 amide bonds. The van der Waals surface area contributed by atoms with E-state index in [0.717, 1.165) is 29.2 Å². The van der Waals surface area contributed by atoms with Crippen LogP contribution in [0.5, 0.6) is 0 Å². The quantitative estimate of drug-likeness (QED) is 0.362. The first-order valence-electron chi connectivity index (χ1n) is 7.02. The number of nitrogens with zero attached hydrogens (tertiary/aromatic N) is 1. The van der Waals surface area contributed by atoms with Gasteiger partial charge in [-0.15, -0.1) is 11.8 Å². The topological polar surface area (TPSA) is 30.0 Å². The molecule has 0 aliphatic heterocycles. The molecule has 0 atom stereocenters. The normalized spacial score (nSPS) is 9.78. The van der Waals surface area contributed by atoms with Crippen LogP contribution < -0.4 is 116 Å². The number of benzene rings is 2. The molecule has 0 unspecified atom stereocenters. The zero-order chi connectivity index (χ0) is 14.8. The Morgan fingerprint density at radius 1 is 1.00 bits per heavy atom. The van der Waals surface area contributed by atoms with Crippen LogP contribution in [0.25, 0.3) is 22.0 Å². The monoisotopic (exact) mass is 444 g/mol. The van der Waals surface area contributed by atoms with E-state index in [2.05, 4.69) is 49.2 Å². The minimum atomic E-state index is 0. The van der Waals surface area contributed by atoms with Crippen molar-refractivity contribution >= 4 is 17.2 Å². The Kier molecular flexibility index (Phi) is 9.80. The van der Waals surface area contributed by atoms with Crippen molar-refractivity contribution in [2.75, 3.05) is 0 Å². The Labute approximate surface area is 235 Å². The fourth-order valence-corrected chi connectivity index (χ4v) is 2.49. The van der Waals surface area contributed by atoms with Crippen molar-refractivity contribution in [3.63, 3.8) is 0 Å². The van der Waals surface area contributed by atoms with Crippen molar-refractivity contribution in [3.8, 4) is 11.1 Å². The summed E-state index contributed by atoms with van der Waals surface area (Å²) in [5.74, 6) is 0. The molecule has 0 fully saturated rings. The maximum Gasteiger partial charge on any atom is 1.00 e. The van der Waals surface area contributed by atoms with Gasteiger partial charge in [-0.25, -0.2) is 6.92 Å². The summed E-state index contributed by atoms with van der Waals surface area (Å²) in [4.78, 5) is 15.7. The molecule has 0 aliphatic rings. The van der Waals surface area contributed by atoms with Crippen molar-refractivity contribution in [2.45, 2.75) is 13.3 Å². The SMILES string of the molecule is [CH2-]c1ccc2cc(-c3ccc(CC)cc3)cc(C=O)c2n1.[Rb+].[Rb+]. The Morgan fingerprint density at radius 3 is 2.30 bits per heavy atom. The Balaban J connectivity index is 0.00000132. The van der Waals surface area contributed by atoms with Crippen LogP contribution in [0.1, 0.15) is 28.5 Å². The molecule has 0 aliphatic carbocycles. The number of hydrogen-bond acceptors (Lipinski definition) is 2. The molecule has 3 aromatic rings. The van der Waals surface area contributed by atoms with Gasteiger partial charge in [0, 0.05) is 5.56 Å². The Bertz CT molecular complexity index is 813. The van der Waals surface area contributed by atoms with Gasteiger partial charge in [0.15, 0.2) is 6.29 Å². The van der Waals surface area contributed by atoms with Gasteiger partial charge in [0.25, 0.3) is 0 Å². The smallest absolute Gasteiger partial charge is 0.298 e. The predicted octanol–water partition coefficient (Wildman–Crippen LogP) is -1.53. The van der Waals surface area contributed by atoms with Crippen molar-refractivity contribution in [1.82, 2.24) is 4.98 Å². The van der Waals surface area contributed by atoms with E-state index in [1.807, 2.05) is 18.2 Å². The molecule has 0 saturated heterocycles. The van der Waals surface area contributed by atoms with Crippen molar-refractivity contribution in [1.29, 1.82) is 0 Å². The fraction of sp³-hybridized carbons (Fsp3) is 0.105. The van der Waals surface area contributed by atoms with Gasteiger partial charge in [0.2, 0.25) is 0 Å². The molecule has 0 saturated carbocycles. The van der Waals surface area contributed by atoms with Crippen LogP contribution >= 0.6 is 0 Å². The third-order valence-corrected chi connectivity index (χ3v) is 3.70. The molecule has 1 aromatic heterocycles. The molecule has 2 nitrogen and oxygen atoms in total. The molecule has 2 aromatic carbocycles. The van der Waals surface area contributed by atoms with Crippen LogP contribution in [-0.2, 0) is 6.42 Å². The van der Waals surface area contributed by atoms with E-state index in [-0.39, 0.29) is 116 Å². The van der Waals surface area contributed by atoms with Crippen molar-refractivity contribution < 1.29 is 121 Å². The molecule has 23 heavy (non-hydrogen) atoms. The van der Waals surface area contributed by atoms with Crippen molar-refractivity contribution in [2.24, 2.45) is 0 Å². The third-order valence-electron chi connectivity index (χ3n) is 3.70. The Hall–Kier alpha value is 1.00. The average Bonchev–Trinajstić information content (AvgIpc) is 2.54. The average molecular weight is 445 g/mol. The van der Waals surface area contributed by atoms with Crippen molar-refractivity contribution in [3.05, 3.63) is 72.3 Å². The minimum Gasteiger partial charge on any atom is -0.298 e. The molecule has 0 N–H and O–H groups in total. The number of aromatic nitrogens is 1. The first kappa shape index (κ1) is 22.0. The van der Waals surface area contributed by atoms with Gasteiger partial charge in [-0.1, -0.05) is 31.2 Å². The van der Waals surface area contributed by atoms with E-state index in [1.54, 1.807) is 0 Å². The van der Waals surface area contributed by atoms with Gasteiger partial charge in [0.1, 0.15) is 0 Å². The van der Waals surface area contributed by atoms with Gasteiger partial charge in [-0.2, -0.15) is 6.07 Å². The van der Waals surface area contributed by atoms with Gasteiger partial charge < -0.3 is 0 Å². The summed E-state index contributed by atoms with van der Waals surface area (Å²) in [5.41, 5.74) is 5.44. The van der Waals surface area contributed by atoms with E-state index >= 15 is 0 Å². The van der Waals surface area contributed by atoms with Crippen LogP contribution in [0.2, 0.25) is 0 Å². The number of carbonyl (C=O) groups excluding carboxylic acids is 1. The summed E-state index contributed by atoms with van der Waals surface area (Å²) in [6.45, 7) is 5.96. The molecule has 1 heterocycles. The second kappa shape index (κ2) is 10.2. The molecule has 0 spiro atoms. The van der Waals surface area contributed by atoms with Crippen LogP contribution in [0, 0.1) is 6.92 Å². The minimum absolute atomic E-state index is 0. The predicted molar refractivity (Wildman–Crippen MR) is 86.4 cm³/mol. The van der Waals surface area contributed by atoms with E-state index in [9.17, 15) is 4.79 Å². The number of rotatable bonds is 3. The molecular formula is C19H16NORb2+. The summed E-state index contributed by atoms with van der Waals surface area (Å²) in [5, 5.41) is 0.960. The number of aryl methyl sites for hydroxylation is 1. The standard InChI is InChI=1S/C19H16NO.2Rb/c1-3-14-5-8-15(9-6-14)17-10-16-7-4-13(2)20-19(16)18(11-17)12-21;;/h4-12H,2-3H2,1H3;;/q-1;2*+1. The first-order valence-corrected chi connectivity index (χ1v) is 7.02. The largest absolute Gasteiger partial charge is 1.00 e. The summed E-state index contributed by atoms with van der Waals surface area (Å²) >= 11 is 0. The summed E-state index contributed by atoms with van der Waals surface area (Å²) < 4.78 is 0. The van der Waals surface area contributed by atoms with Crippen LogP contribution in [0.3, 0.4) is 0 Å². The Morgan fingerprint density at radius 2 is 1.70 bits per heavy atom. The van der Waals surface area contributed by atoms with Gasteiger partial charge in [-0.3, -0.25) is 9.78 Å². The van der Waals surface area contributed by atoms with E-state index in [0.29, 0.717) is 16.8 Å². The van der Waals surface area contributed by atoms with Gasteiger partial charge in [0.05, 0.1) is 5.52 Å². The maximum atomic E-state index is 11.4. The van der Waals surface area contributed by atoms with Gasteiger partial charge >= 0.3 is 116 Å². The third kappa shape index (κ3) is 5.24.